The number of aromatic nitrogens is 1. The third-order valence-electron chi connectivity index (χ3n) is 4.37. The van der Waals surface area contributed by atoms with Gasteiger partial charge in [0.15, 0.2) is 6.61 Å². The highest BCUT2D eigenvalue weighted by Crippen LogP contribution is 2.21. The lowest BCUT2D eigenvalue weighted by Crippen LogP contribution is -2.18. The van der Waals surface area contributed by atoms with Gasteiger partial charge in [0.1, 0.15) is 5.75 Å². The van der Waals surface area contributed by atoms with E-state index in [1.165, 1.54) is 0 Å². The molecule has 0 aliphatic carbocycles. The summed E-state index contributed by atoms with van der Waals surface area (Å²) in [5, 5.41) is 0. The molecule has 1 aromatic heterocycles. The van der Waals surface area contributed by atoms with Gasteiger partial charge < -0.3 is 19.2 Å². The monoisotopic (exact) mass is 401 g/mol. The van der Waals surface area contributed by atoms with Crippen LogP contribution >= 0.6 is 0 Å². The van der Waals surface area contributed by atoms with Crippen LogP contribution in [0.1, 0.15) is 57.9 Å². The van der Waals surface area contributed by atoms with E-state index in [0.29, 0.717) is 24.4 Å². The molecule has 7 heteroatoms. The van der Waals surface area contributed by atoms with Crippen LogP contribution in [0.25, 0.3) is 0 Å². The maximum atomic E-state index is 12.6. The van der Waals surface area contributed by atoms with Gasteiger partial charge in [-0.25, -0.2) is 4.79 Å². The molecular formula is C22H27NO6. The van der Waals surface area contributed by atoms with E-state index >= 15 is 0 Å². The molecule has 2 rings (SSSR count). The van der Waals surface area contributed by atoms with Crippen molar-refractivity contribution in [2.75, 3.05) is 19.8 Å². The second kappa shape index (κ2) is 10.5. The number of benzene rings is 1. The Morgan fingerprint density at radius 2 is 1.62 bits per heavy atom. The topological polar surface area (TPSA) is 94.7 Å². The van der Waals surface area contributed by atoms with E-state index in [1.807, 2.05) is 31.2 Å². The number of aryl methyl sites for hydroxylation is 3. The number of hydrogen-bond acceptors (Lipinski definition) is 6. The van der Waals surface area contributed by atoms with Gasteiger partial charge in [-0.1, -0.05) is 18.2 Å². The number of H-pyrrole nitrogens is 1. The predicted octanol–water partition coefficient (Wildman–Crippen LogP) is 3.57. The van der Waals surface area contributed by atoms with Crippen LogP contribution in [0.2, 0.25) is 0 Å². The van der Waals surface area contributed by atoms with Crippen LogP contribution in [0.4, 0.5) is 0 Å². The molecule has 0 atom stereocenters. The van der Waals surface area contributed by atoms with Gasteiger partial charge in [0, 0.05) is 17.8 Å². The molecule has 7 nitrogen and oxygen atoms in total. The quantitative estimate of drug-likeness (QED) is 0.483. The zero-order valence-electron chi connectivity index (χ0n) is 17.3. The fraction of sp³-hybridized carbons (Fsp3) is 0.409. The smallest absolute Gasteiger partial charge is 0.340 e. The van der Waals surface area contributed by atoms with Gasteiger partial charge in [-0.05, 0) is 45.7 Å². The van der Waals surface area contributed by atoms with Crippen LogP contribution in [0.5, 0.6) is 5.75 Å². The van der Waals surface area contributed by atoms with Gasteiger partial charge in [0.25, 0.3) is 0 Å². The first-order valence-corrected chi connectivity index (χ1v) is 9.64. The maximum absolute atomic E-state index is 12.6. The molecule has 0 amide bonds. The summed E-state index contributed by atoms with van der Waals surface area (Å²) in [7, 11) is 0. The molecule has 29 heavy (non-hydrogen) atoms. The summed E-state index contributed by atoms with van der Waals surface area (Å²) in [4.78, 5) is 39.9. The summed E-state index contributed by atoms with van der Waals surface area (Å²) < 4.78 is 15.7. The van der Waals surface area contributed by atoms with Crippen LogP contribution in [0, 0.1) is 13.8 Å². The Labute approximate surface area is 170 Å². The van der Waals surface area contributed by atoms with Crippen molar-refractivity contribution in [2.45, 2.75) is 40.5 Å². The summed E-state index contributed by atoms with van der Waals surface area (Å²) in [6.07, 6.45) is 0.562. The summed E-state index contributed by atoms with van der Waals surface area (Å²) in [6, 6.07) is 7.48. The van der Waals surface area contributed by atoms with E-state index in [-0.39, 0.29) is 24.2 Å². The number of rotatable bonds is 10. The Morgan fingerprint density at radius 1 is 0.931 bits per heavy atom. The van der Waals surface area contributed by atoms with E-state index in [2.05, 4.69) is 4.98 Å². The Balaban J connectivity index is 1.98. The molecule has 0 aliphatic heterocycles. The van der Waals surface area contributed by atoms with Crippen LogP contribution in [0.3, 0.4) is 0 Å². The predicted molar refractivity (Wildman–Crippen MR) is 107 cm³/mol. The molecule has 156 valence electrons. The number of ether oxygens (including phenoxy) is 3. The first-order chi connectivity index (χ1) is 13.9. The standard InChI is InChI=1S/C22H27NO6/c1-5-27-18-10-8-7-9-16(18)11-12-19(25)29-13-17(24)20-14(3)23-15(4)21(20)22(26)28-6-2/h7-10,23H,5-6,11-13H2,1-4H3. The summed E-state index contributed by atoms with van der Waals surface area (Å²) in [6.45, 7) is 7.28. The minimum absolute atomic E-state index is 0.118. The van der Waals surface area contributed by atoms with Gasteiger partial charge in [-0.2, -0.15) is 0 Å². The van der Waals surface area contributed by atoms with Crippen molar-refractivity contribution in [3.8, 4) is 5.75 Å². The molecule has 0 fully saturated rings. The normalized spacial score (nSPS) is 10.5. The third-order valence-corrected chi connectivity index (χ3v) is 4.37. The Kier molecular flexibility index (Phi) is 8.00. The number of aromatic amines is 1. The second-order valence-electron chi connectivity index (χ2n) is 6.47. The number of ketones is 1. The fourth-order valence-corrected chi connectivity index (χ4v) is 3.12. The molecule has 1 heterocycles. The zero-order chi connectivity index (χ0) is 21.4. The highest BCUT2D eigenvalue weighted by Gasteiger charge is 2.26. The van der Waals surface area contributed by atoms with Gasteiger partial charge in [-0.3, -0.25) is 9.59 Å². The van der Waals surface area contributed by atoms with Crippen molar-refractivity contribution in [1.82, 2.24) is 4.98 Å². The number of hydrogen-bond donors (Lipinski definition) is 1. The largest absolute Gasteiger partial charge is 0.494 e. The molecule has 0 unspecified atom stereocenters. The molecule has 0 aliphatic rings. The number of carbonyl (C=O) groups is 3. The third kappa shape index (κ3) is 5.70. The van der Waals surface area contributed by atoms with Gasteiger partial charge in [0.05, 0.1) is 24.3 Å². The van der Waals surface area contributed by atoms with Crippen LogP contribution in [0.15, 0.2) is 24.3 Å². The number of nitrogens with one attached hydrogen (secondary N) is 1. The molecule has 1 N–H and O–H groups in total. The van der Waals surface area contributed by atoms with E-state index in [9.17, 15) is 14.4 Å². The SMILES string of the molecule is CCOC(=O)c1c(C)[nH]c(C)c1C(=O)COC(=O)CCc1ccccc1OCC. The summed E-state index contributed by atoms with van der Waals surface area (Å²) in [5.41, 5.74) is 2.38. The van der Waals surface area contributed by atoms with Crippen LogP contribution < -0.4 is 4.74 Å². The molecular weight excluding hydrogens is 374 g/mol. The summed E-state index contributed by atoms with van der Waals surface area (Å²) in [5.74, 6) is -0.779. The lowest BCUT2D eigenvalue weighted by Gasteiger charge is -2.10. The number of esters is 2. The van der Waals surface area contributed by atoms with Crippen molar-refractivity contribution in [2.24, 2.45) is 0 Å². The van der Waals surface area contributed by atoms with Gasteiger partial charge >= 0.3 is 11.9 Å². The first-order valence-electron chi connectivity index (χ1n) is 9.64. The average Bonchev–Trinajstić information content (AvgIpc) is 2.99. The van der Waals surface area contributed by atoms with E-state index in [1.54, 1.807) is 20.8 Å². The van der Waals surface area contributed by atoms with Crippen molar-refractivity contribution < 1.29 is 28.6 Å². The Bertz CT molecular complexity index is 883. The molecule has 0 radical (unpaired) electrons. The zero-order valence-corrected chi connectivity index (χ0v) is 17.3. The van der Waals surface area contributed by atoms with Crippen molar-refractivity contribution in [3.05, 3.63) is 52.3 Å². The molecule has 0 saturated carbocycles. The van der Waals surface area contributed by atoms with Crippen molar-refractivity contribution in [1.29, 1.82) is 0 Å². The second-order valence-corrected chi connectivity index (χ2v) is 6.47. The Morgan fingerprint density at radius 3 is 2.31 bits per heavy atom. The minimum Gasteiger partial charge on any atom is -0.494 e. The van der Waals surface area contributed by atoms with E-state index < -0.39 is 24.3 Å². The fourth-order valence-electron chi connectivity index (χ4n) is 3.12. The van der Waals surface area contributed by atoms with Crippen molar-refractivity contribution in [3.63, 3.8) is 0 Å². The van der Waals surface area contributed by atoms with Crippen LogP contribution in [-0.2, 0) is 20.7 Å². The molecule has 1 aromatic carbocycles. The summed E-state index contributed by atoms with van der Waals surface area (Å²) >= 11 is 0. The lowest BCUT2D eigenvalue weighted by molar-refractivity contribution is -0.142. The van der Waals surface area contributed by atoms with Gasteiger partial charge in [-0.15, -0.1) is 0 Å². The van der Waals surface area contributed by atoms with Crippen molar-refractivity contribution >= 4 is 17.7 Å². The highest BCUT2D eigenvalue weighted by molar-refractivity contribution is 6.09. The average molecular weight is 401 g/mol. The lowest BCUT2D eigenvalue weighted by atomic mass is 10.1. The molecule has 2 aromatic rings. The first kappa shape index (κ1) is 22.2. The molecule has 0 bridgehead atoms. The number of carbonyl (C=O) groups excluding carboxylic acids is 3. The van der Waals surface area contributed by atoms with E-state index in [0.717, 1.165) is 11.3 Å². The molecule has 0 saturated heterocycles. The minimum atomic E-state index is -0.573. The van der Waals surface area contributed by atoms with Crippen LogP contribution in [-0.4, -0.2) is 42.5 Å². The molecule has 0 spiro atoms. The number of Topliss-reactive ketones (excluding diaryl/α,β-unsaturated/α-hetero) is 1. The maximum Gasteiger partial charge on any atom is 0.340 e. The Hall–Kier alpha value is -3.09. The highest BCUT2D eigenvalue weighted by atomic mass is 16.5. The van der Waals surface area contributed by atoms with Gasteiger partial charge in [0.2, 0.25) is 5.78 Å². The van der Waals surface area contributed by atoms with E-state index in [4.69, 9.17) is 14.2 Å². The number of para-hydroxylation sites is 1.